The second-order valence-corrected chi connectivity index (χ2v) is 4.17. The third-order valence-corrected chi connectivity index (χ3v) is 3.07. The number of ketones is 1. The number of benzene rings is 2. The van der Waals surface area contributed by atoms with Crippen LogP contribution in [0.3, 0.4) is 0 Å². The van der Waals surface area contributed by atoms with Gasteiger partial charge < -0.3 is 4.74 Å². The van der Waals surface area contributed by atoms with Crippen molar-refractivity contribution in [1.82, 2.24) is 0 Å². The van der Waals surface area contributed by atoms with E-state index in [2.05, 4.69) is 0 Å². The van der Waals surface area contributed by atoms with Crippen molar-refractivity contribution in [3.05, 3.63) is 42.0 Å². The normalized spacial score (nSPS) is 17.9. The number of ether oxygens (including phenoxy) is 1. The average Bonchev–Trinajstić information content (AvgIpc) is 2.65. The standard InChI is InChI=1S/C14H10O3/c1-8(15)12-11-7-6-9-4-2-3-5-10(9)13(11)17-14(12)16/h2-7,12H,1H3. The van der Waals surface area contributed by atoms with Crippen LogP contribution < -0.4 is 4.74 Å². The molecule has 84 valence electrons. The fourth-order valence-electron chi connectivity index (χ4n) is 2.27. The third kappa shape index (κ3) is 1.35. The first-order valence-corrected chi connectivity index (χ1v) is 5.42. The van der Waals surface area contributed by atoms with Crippen LogP contribution in [-0.4, -0.2) is 11.8 Å². The Morgan fingerprint density at radius 1 is 1.18 bits per heavy atom. The fraction of sp³-hybridized carbons (Fsp3) is 0.143. The SMILES string of the molecule is CC(=O)C1C(=O)Oc2c1ccc1ccccc21. The molecular weight excluding hydrogens is 216 g/mol. The first-order valence-electron chi connectivity index (χ1n) is 5.42. The van der Waals surface area contributed by atoms with E-state index in [9.17, 15) is 9.59 Å². The molecule has 0 bridgehead atoms. The van der Waals surface area contributed by atoms with Crippen molar-refractivity contribution < 1.29 is 14.3 Å². The Hall–Kier alpha value is -2.16. The lowest BCUT2D eigenvalue weighted by molar-refractivity contribution is -0.137. The van der Waals surface area contributed by atoms with Crippen molar-refractivity contribution >= 4 is 22.5 Å². The van der Waals surface area contributed by atoms with Gasteiger partial charge in [0.25, 0.3) is 0 Å². The number of hydrogen-bond acceptors (Lipinski definition) is 3. The maximum Gasteiger partial charge on any atom is 0.326 e. The van der Waals surface area contributed by atoms with Gasteiger partial charge in [0.15, 0.2) is 0 Å². The van der Waals surface area contributed by atoms with Gasteiger partial charge in [-0.15, -0.1) is 0 Å². The molecule has 2 aromatic rings. The minimum Gasteiger partial charge on any atom is -0.425 e. The van der Waals surface area contributed by atoms with Gasteiger partial charge in [-0.3, -0.25) is 9.59 Å². The predicted molar refractivity (Wildman–Crippen MR) is 63.0 cm³/mol. The molecule has 0 fully saturated rings. The summed E-state index contributed by atoms with van der Waals surface area (Å²) < 4.78 is 5.23. The molecule has 0 N–H and O–H groups in total. The molecule has 3 heteroatoms. The minimum absolute atomic E-state index is 0.177. The Kier molecular flexibility index (Phi) is 2.01. The molecule has 0 saturated heterocycles. The highest BCUT2D eigenvalue weighted by Crippen LogP contribution is 2.40. The monoisotopic (exact) mass is 226 g/mol. The molecule has 0 aromatic heterocycles. The van der Waals surface area contributed by atoms with E-state index in [-0.39, 0.29) is 5.78 Å². The highest BCUT2D eigenvalue weighted by Gasteiger charge is 2.37. The van der Waals surface area contributed by atoms with Gasteiger partial charge in [0.1, 0.15) is 17.5 Å². The Labute approximate surface area is 98.0 Å². The van der Waals surface area contributed by atoms with Gasteiger partial charge >= 0.3 is 5.97 Å². The summed E-state index contributed by atoms with van der Waals surface area (Å²) in [5.41, 5.74) is 0.682. The summed E-state index contributed by atoms with van der Waals surface area (Å²) in [6.45, 7) is 1.41. The van der Waals surface area contributed by atoms with Gasteiger partial charge in [0.2, 0.25) is 0 Å². The first-order chi connectivity index (χ1) is 8.18. The minimum atomic E-state index is -0.755. The van der Waals surface area contributed by atoms with Crippen molar-refractivity contribution in [1.29, 1.82) is 0 Å². The predicted octanol–water partition coefficient (Wildman–Crippen LogP) is 2.43. The van der Waals surface area contributed by atoms with Crippen molar-refractivity contribution in [2.45, 2.75) is 12.8 Å². The Morgan fingerprint density at radius 3 is 2.71 bits per heavy atom. The van der Waals surface area contributed by atoms with Crippen LogP contribution in [0.2, 0.25) is 0 Å². The lowest BCUT2D eigenvalue weighted by atomic mass is 9.95. The van der Waals surface area contributed by atoms with Crippen molar-refractivity contribution in [3.8, 4) is 5.75 Å². The van der Waals surface area contributed by atoms with Gasteiger partial charge in [0, 0.05) is 10.9 Å². The Balaban J connectivity index is 2.31. The zero-order valence-corrected chi connectivity index (χ0v) is 9.27. The maximum atomic E-state index is 11.7. The number of carbonyl (C=O) groups is 2. The van der Waals surface area contributed by atoms with E-state index in [0.29, 0.717) is 11.3 Å². The molecule has 0 aliphatic carbocycles. The lowest BCUT2D eigenvalue weighted by Crippen LogP contribution is -2.16. The zero-order chi connectivity index (χ0) is 12.0. The first kappa shape index (κ1) is 10.0. The topological polar surface area (TPSA) is 43.4 Å². The molecule has 0 spiro atoms. The molecule has 1 atom stereocenters. The van der Waals surface area contributed by atoms with Gasteiger partial charge in [-0.2, -0.15) is 0 Å². The van der Waals surface area contributed by atoms with E-state index in [0.717, 1.165) is 10.8 Å². The van der Waals surface area contributed by atoms with Crippen LogP contribution in [0.1, 0.15) is 18.4 Å². The van der Waals surface area contributed by atoms with E-state index >= 15 is 0 Å². The Bertz CT molecular complexity index is 643. The van der Waals surface area contributed by atoms with E-state index in [1.54, 1.807) is 6.07 Å². The molecule has 0 saturated carbocycles. The molecule has 17 heavy (non-hydrogen) atoms. The molecule has 1 aliphatic heterocycles. The number of Topliss-reactive ketones (excluding diaryl/α,β-unsaturated/α-hetero) is 1. The van der Waals surface area contributed by atoms with E-state index in [4.69, 9.17) is 4.74 Å². The van der Waals surface area contributed by atoms with Crippen molar-refractivity contribution in [3.63, 3.8) is 0 Å². The Morgan fingerprint density at radius 2 is 1.94 bits per heavy atom. The summed E-state index contributed by atoms with van der Waals surface area (Å²) in [5, 5.41) is 1.88. The number of rotatable bonds is 1. The van der Waals surface area contributed by atoms with Crippen LogP contribution >= 0.6 is 0 Å². The molecule has 1 heterocycles. The molecule has 0 amide bonds. The lowest BCUT2D eigenvalue weighted by Gasteiger charge is -2.04. The van der Waals surface area contributed by atoms with Gasteiger partial charge in [-0.05, 0) is 12.3 Å². The third-order valence-electron chi connectivity index (χ3n) is 3.07. The summed E-state index contributed by atoms with van der Waals surface area (Å²) in [6, 6.07) is 11.4. The number of hydrogen-bond donors (Lipinski definition) is 0. The summed E-state index contributed by atoms with van der Waals surface area (Å²) >= 11 is 0. The van der Waals surface area contributed by atoms with Crippen LogP contribution in [0.4, 0.5) is 0 Å². The van der Waals surface area contributed by atoms with Crippen LogP contribution in [0, 0.1) is 0 Å². The highest BCUT2D eigenvalue weighted by molar-refractivity contribution is 6.10. The van der Waals surface area contributed by atoms with Gasteiger partial charge in [-0.1, -0.05) is 36.4 Å². The second-order valence-electron chi connectivity index (χ2n) is 4.17. The average molecular weight is 226 g/mol. The number of esters is 1. The van der Waals surface area contributed by atoms with Gasteiger partial charge in [-0.25, -0.2) is 0 Å². The second kappa shape index (κ2) is 3.42. The number of carbonyl (C=O) groups excluding carboxylic acids is 2. The molecule has 1 aliphatic rings. The molecule has 0 radical (unpaired) electrons. The molecular formula is C14H10O3. The van der Waals surface area contributed by atoms with Crippen LogP contribution in [0.15, 0.2) is 36.4 Å². The smallest absolute Gasteiger partial charge is 0.326 e. The van der Waals surface area contributed by atoms with Crippen LogP contribution in [0.5, 0.6) is 5.75 Å². The largest absolute Gasteiger partial charge is 0.425 e. The zero-order valence-electron chi connectivity index (χ0n) is 9.27. The molecule has 3 rings (SSSR count). The van der Waals surface area contributed by atoms with Crippen LogP contribution in [-0.2, 0) is 9.59 Å². The molecule has 2 aromatic carbocycles. The van der Waals surface area contributed by atoms with E-state index in [1.807, 2.05) is 30.3 Å². The summed E-state index contributed by atoms with van der Waals surface area (Å²) in [4.78, 5) is 23.1. The van der Waals surface area contributed by atoms with E-state index < -0.39 is 11.9 Å². The van der Waals surface area contributed by atoms with Crippen molar-refractivity contribution in [2.75, 3.05) is 0 Å². The number of fused-ring (bicyclic) bond motifs is 3. The summed E-state index contributed by atoms with van der Waals surface area (Å²) in [6.07, 6.45) is 0. The van der Waals surface area contributed by atoms with E-state index in [1.165, 1.54) is 6.92 Å². The highest BCUT2D eigenvalue weighted by atomic mass is 16.5. The van der Waals surface area contributed by atoms with Crippen LogP contribution in [0.25, 0.3) is 10.8 Å². The molecule has 3 nitrogen and oxygen atoms in total. The quantitative estimate of drug-likeness (QED) is 0.426. The fourth-order valence-corrected chi connectivity index (χ4v) is 2.27. The van der Waals surface area contributed by atoms with Gasteiger partial charge in [0.05, 0.1) is 0 Å². The van der Waals surface area contributed by atoms with Crippen molar-refractivity contribution in [2.24, 2.45) is 0 Å². The molecule has 1 unspecified atom stereocenters. The maximum absolute atomic E-state index is 11.7. The summed E-state index contributed by atoms with van der Waals surface area (Å²) in [7, 11) is 0. The summed E-state index contributed by atoms with van der Waals surface area (Å²) in [5.74, 6) is -0.865.